The second-order valence-corrected chi connectivity index (χ2v) is 9.55. The highest BCUT2D eigenvalue weighted by atomic mass is 16.6. The SMILES string of the molecule is C=CC(=O)OCCCCCCOc1ccc(OC(=O)c2ccc(OCCCCCC3CC(=C)C(=O)O3)cc2)cc1. The first-order valence-electron chi connectivity index (χ1n) is 13.8. The van der Waals surface area contributed by atoms with Crippen LogP contribution in [0.2, 0.25) is 0 Å². The van der Waals surface area contributed by atoms with E-state index in [0.717, 1.165) is 57.4 Å². The molecule has 0 spiro atoms. The van der Waals surface area contributed by atoms with Gasteiger partial charge in [-0.1, -0.05) is 13.2 Å². The van der Waals surface area contributed by atoms with Crippen LogP contribution in [0.4, 0.5) is 0 Å². The summed E-state index contributed by atoms with van der Waals surface area (Å²) in [6.45, 7) is 8.62. The summed E-state index contributed by atoms with van der Waals surface area (Å²) in [5, 5.41) is 0. The molecule has 8 heteroatoms. The third-order valence-corrected chi connectivity index (χ3v) is 6.32. The Morgan fingerprint density at radius 1 is 0.800 bits per heavy atom. The Morgan fingerprint density at radius 2 is 1.35 bits per heavy atom. The monoisotopic (exact) mass is 550 g/mol. The Kier molecular flexibility index (Phi) is 12.8. The number of rotatable bonds is 18. The van der Waals surface area contributed by atoms with E-state index in [9.17, 15) is 14.4 Å². The Bertz CT molecular complexity index is 1100. The van der Waals surface area contributed by atoms with E-state index in [0.29, 0.717) is 54.6 Å². The zero-order valence-corrected chi connectivity index (χ0v) is 22.9. The van der Waals surface area contributed by atoms with Gasteiger partial charge in [-0.25, -0.2) is 14.4 Å². The van der Waals surface area contributed by atoms with Crippen LogP contribution >= 0.6 is 0 Å². The van der Waals surface area contributed by atoms with Gasteiger partial charge in [0.25, 0.3) is 0 Å². The van der Waals surface area contributed by atoms with Gasteiger partial charge in [-0.2, -0.15) is 0 Å². The molecule has 0 N–H and O–H groups in total. The summed E-state index contributed by atoms with van der Waals surface area (Å²) in [4.78, 5) is 34.8. The van der Waals surface area contributed by atoms with Gasteiger partial charge < -0.3 is 23.7 Å². The summed E-state index contributed by atoms with van der Waals surface area (Å²) < 4.78 is 27.1. The number of unbranched alkanes of at least 4 members (excludes halogenated alkanes) is 5. The fourth-order valence-electron chi connectivity index (χ4n) is 4.07. The molecule has 0 bridgehead atoms. The van der Waals surface area contributed by atoms with Gasteiger partial charge >= 0.3 is 17.9 Å². The van der Waals surface area contributed by atoms with Crippen molar-refractivity contribution in [1.82, 2.24) is 0 Å². The third-order valence-electron chi connectivity index (χ3n) is 6.32. The van der Waals surface area contributed by atoms with E-state index in [-0.39, 0.29) is 12.1 Å². The molecule has 1 aliphatic heterocycles. The van der Waals surface area contributed by atoms with Gasteiger partial charge in [0.15, 0.2) is 0 Å². The number of ether oxygens (including phenoxy) is 5. The van der Waals surface area contributed by atoms with E-state index in [4.69, 9.17) is 23.7 Å². The van der Waals surface area contributed by atoms with Gasteiger partial charge in [0.1, 0.15) is 23.4 Å². The first-order valence-corrected chi connectivity index (χ1v) is 13.8. The lowest BCUT2D eigenvalue weighted by molar-refractivity contribution is -0.139. The van der Waals surface area contributed by atoms with Crippen LogP contribution in [-0.4, -0.2) is 43.8 Å². The van der Waals surface area contributed by atoms with Crippen molar-refractivity contribution in [3.63, 3.8) is 0 Å². The standard InChI is InChI=1S/C32H38O8/c1-3-30(33)38-22-9-5-4-8-20-37-27-16-18-28(19-17-27)39-32(35)25-12-14-26(15-13-25)36-21-10-6-7-11-29-23-24(2)31(34)40-29/h3,12-19,29H,1-2,4-11,20-23H2. The lowest BCUT2D eigenvalue weighted by atomic mass is 10.1. The minimum Gasteiger partial charge on any atom is -0.494 e. The summed E-state index contributed by atoms with van der Waals surface area (Å²) in [5.41, 5.74) is 0.991. The van der Waals surface area contributed by atoms with Crippen molar-refractivity contribution in [3.8, 4) is 17.2 Å². The van der Waals surface area contributed by atoms with Crippen LogP contribution in [0.3, 0.4) is 0 Å². The molecule has 0 saturated carbocycles. The fourth-order valence-corrected chi connectivity index (χ4v) is 4.07. The van der Waals surface area contributed by atoms with E-state index in [1.165, 1.54) is 0 Å². The second-order valence-electron chi connectivity index (χ2n) is 9.55. The zero-order chi connectivity index (χ0) is 28.6. The third kappa shape index (κ3) is 11.0. The molecule has 214 valence electrons. The topological polar surface area (TPSA) is 97.4 Å². The lowest BCUT2D eigenvalue weighted by Gasteiger charge is -2.10. The second kappa shape index (κ2) is 16.8. The summed E-state index contributed by atoms with van der Waals surface area (Å²) in [7, 11) is 0. The van der Waals surface area contributed by atoms with Crippen molar-refractivity contribution in [2.75, 3.05) is 19.8 Å². The molecular weight excluding hydrogens is 512 g/mol. The molecule has 1 saturated heterocycles. The summed E-state index contributed by atoms with van der Waals surface area (Å²) in [5.74, 6) is 0.714. The fraction of sp³-hybridized carbons (Fsp3) is 0.406. The molecular formula is C32H38O8. The van der Waals surface area contributed by atoms with Crippen LogP contribution in [0, 0.1) is 0 Å². The first kappa shape index (κ1) is 30.5. The van der Waals surface area contributed by atoms with Crippen LogP contribution in [0.5, 0.6) is 17.2 Å². The van der Waals surface area contributed by atoms with Gasteiger partial charge in [0, 0.05) is 18.1 Å². The summed E-state index contributed by atoms with van der Waals surface area (Å²) >= 11 is 0. The van der Waals surface area contributed by atoms with Crippen LogP contribution in [0.25, 0.3) is 0 Å². The molecule has 0 aliphatic carbocycles. The van der Waals surface area contributed by atoms with Crippen molar-refractivity contribution >= 4 is 17.9 Å². The number of esters is 3. The van der Waals surface area contributed by atoms with E-state index in [2.05, 4.69) is 13.2 Å². The molecule has 40 heavy (non-hydrogen) atoms. The van der Waals surface area contributed by atoms with Gasteiger partial charge in [-0.05, 0) is 99.9 Å². The van der Waals surface area contributed by atoms with Crippen molar-refractivity contribution in [1.29, 1.82) is 0 Å². The maximum Gasteiger partial charge on any atom is 0.343 e. The molecule has 0 amide bonds. The van der Waals surface area contributed by atoms with Gasteiger partial charge in [0.05, 0.1) is 25.4 Å². The van der Waals surface area contributed by atoms with E-state index in [1.807, 2.05) is 0 Å². The molecule has 1 fully saturated rings. The Morgan fingerprint density at radius 3 is 1.93 bits per heavy atom. The molecule has 0 aromatic heterocycles. The van der Waals surface area contributed by atoms with Crippen LogP contribution in [0.1, 0.15) is 68.1 Å². The quantitative estimate of drug-likeness (QED) is 0.0912. The number of hydrogen-bond donors (Lipinski definition) is 0. The highest BCUT2D eigenvalue weighted by molar-refractivity contribution is 5.91. The molecule has 1 unspecified atom stereocenters. The molecule has 8 nitrogen and oxygen atoms in total. The van der Waals surface area contributed by atoms with Crippen molar-refractivity contribution in [3.05, 3.63) is 78.9 Å². The average Bonchev–Trinajstić information content (AvgIpc) is 3.29. The van der Waals surface area contributed by atoms with Gasteiger partial charge in [-0.3, -0.25) is 0 Å². The number of cyclic esters (lactones) is 1. The first-order chi connectivity index (χ1) is 19.4. The van der Waals surface area contributed by atoms with Gasteiger partial charge in [-0.15, -0.1) is 0 Å². The van der Waals surface area contributed by atoms with E-state index in [1.54, 1.807) is 48.5 Å². The Hall–Kier alpha value is -4.07. The smallest absolute Gasteiger partial charge is 0.343 e. The molecule has 3 rings (SSSR count). The number of benzene rings is 2. The largest absolute Gasteiger partial charge is 0.494 e. The van der Waals surface area contributed by atoms with Crippen LogP contribution < -0.4 is 14.2 Å². The Labute approximate surface area is 235 Å². The molecule has 1 heterocycles. The number of carbonyl (C=O) groups is 3. The van der Waals surface area contributed by atoms with E-state index >= 15 is 0 Å². The highest BCUT2D eigenvalue weighted by Crippen LogP contribution is 2.23. The predicted molar refractivity (Wildman–Crippen MR) is 151 cm³/mol. The normalized spacial score (nSPS) is 14.3. The average molecular weight is 551 g/mol. The van der Waals surface area contributed by atoms with Gasteiger partial charge in [0.2, 0.25) is 0 Å². The molecule has 2 aromatic carbocycles. The minimum absolute atomic E-state index is 0.0326. The maximum absolute atomic E-state index is 12.5. The summed E-state index contributed by atoms with van der Waals surface area (Å²) in [6, 6.07) is 13.8. The predicted octanol–water partition coefficient (Wildman–Crippen LogP) is 6.39. The van der Waals surface area contributed by atoms with Crippen LogP contribution in [0.15, 0.2) is 73.3 Å². The lowest BCUT2D eigenvalue weighted by Crippen LogP contribution is -2.08. The summed E-state index contributed by atoms with van der Waals surface area (Å²) in [6.07, 6.45) is 9.07. The Balaban J connectivity index is 1.26. The molecule has 2 aromatic rings. The highest BCUT2D eigenvalue weighted by Gasteiger charge is 2.26. The van der Waals surface area contributed by atoms with Crippen molar-refractivity contribution < 1.29 is 38.1 Å². The molecule has 1 atom stereocenters. The van der Waals surface area contributed by atoms with Crippen molar-refractivity contribution in [2.24, 2.45) is 0 Å². The van der Waals surface area contributed by atoms with Crippen molar-refractivity contribution in [2.45, 2.75) is 63.9 Å². The number of carbonyl (C=O) groups excluding carboxylic acids is 3. The zero-order valence-electron chi connectivity index (χ0n) is 22.9. The molecule has 1 aliphatic rings. The molecule has 0 radical (unpaired) electrons. The van der Waals surface area contributed by atoms with E-state index < -0.39 is 11.9 Å². The maximum atomic E-state index is 12.5. The number of hydrogen-bond acceptors (Lipinski definition) is 8. The minimum atomic E-state index is -0.450. The van der Waals surface area contributed by atoms with Crippen LogP contribution in [-0.2, 0) is 19.1 Å².